The molecule has 0 atom stereocenters. The predicted octanol–water partition coefficient (Wildman–Crippen LogP) is -0.208. The van der Waals surface area contributed by atoms with Crippen LogP contribution in [0.2, 0.25) is 0 Å². The molecule has 0 spiro atoms. The number of hydrogen-bond donors (Lipinski definition) is 0. The summed E-state index contributed by atoms with van der Waals surface area (Å²) in [6.07, 6.45) is 0. The van der Waals surface area contributed by atoms with Gasteiger partial charge in [-0.25, -0.2) is 0 Å². The van der Waals surface area contributed by atoms with Crippen LogP contribution in [0.3, 0.4) is 0 Å². The highest BCUT2D eigenvalue weighted by Crippen LogP contribution is 2.05. The van der Waals surface area contributed by atoms with Crippen molar-refractivity contribution in [2.45, 2.75) is 0 Å². The lowest BCUT2D eigenvalue weighted by Crippen LogP contribution is -2.42. The van der Waals surface area contributed by atoms with E-state index in [9.17, 15) is 0 Å². The first kappa shape index (κ1) is 6.40. The zero-order valence-electron chi connectivity index (χ0n) is 6.23. The molecule has 1 aromatic heterocycles. The van der Waals surface area contributed by atoms with Crippen LogP contribution >= 0.6 is 0 Å². The SMILES string of the molecule is [B-][n+]1nc2ccccc2n1C. The minimum atomic E-state index is 0.914. The van der Waals surface area contributed by atoms with Crippen molar-refractivity contribution >= 4 is 19.0 Å². The quantitative estimate of drug-likeness (QED) is 0.469. The van der Waals surface area contributed by atoms with E-state index < -0.39 is 0 Å². The third-order valence-corrected chi connectivity index (χ3v) is 1.75. The van der Waals surface area contributed by atoms with E-state index in [0.29, 0.717) is 0 Å². The Kier molecular flexibility index (Phi) is 1.21. The number of hydrogen-bond acceptors (Lipinski definition) is 1. The van der Waals surface area contributed by atoms with Crippen LogP contribution in [0.4, 0.5) is 0 Å². The molecule has 0 unspecified atom stereocenters. The van der Waals surface area contributed by atoms with Crippen molar-refractivity contribution in [3.63, 3.8) is 0 Å². The molecule has 0 aliphatic carbocycles. The Bertz CT molecular complexity index is 393. The zero-order valence-corrected chi connectivity index (χ0v) is 6.23. The van der Waals surface area contributed by atoms with E-state index in [1.54, 1.807) is 4.68 Å². The molecule has 2 rings (SSSR count). The first-order valence-electron chi connectivity index (χ1n) is 3.38. The van der Waals surface area contributed by atoms with Gasteiger partial charge < -0.3 is 4.71 Å². The van der Waals surface area contributed by atoms with Crippen LogP contribution in [-0.4, -0.2) is 17.8 Å². The van der Waals surface area contributed by atoms with Crippen molar-refractivity contribution in [1.82, 2.24) is 9.78 Å². The van der Waals surface area contributed by atoms with Crippen LogP contribution in [0.25, 0.3) is 11.0 Å². The molecule has 0 saturated carbocycles. The first-order chi connectivity index (χ1) is 5.29. The number of nitrogens with zero attached hydrogens (tertiary/aromatic N) is 3. The number of para-hydroxylation sites is 1. The molecular weight excluding hydrogens is 137 g/mol. The van der Waals surface area contributed by atoms with E-state index in [0.717, 1.165) is 11.0 Å². The molecular formula is C7H7BN3. The smallest absolute Gasteiger partial charge is 0.155 e. The lowest BCUT2D eigenvalue weighted by Gasteiger charge is -1.96. The van der Waals surface area contributed by atoms with E-state index in [-0.39, 0.29) is 0 Å². The second kappa shape index (κ2) is 2.08. The predicted molar refractivity (Wildman–Crippen MR) is 42.1 cm³/mol. The van der Waals surface area contributed by atoms with Crippen LogP contribution in [0, 0.1) is 0 Å². The van der Waals surface area contributed by atoms with Crippen molar-refractivity contribution in [3.05, 3.63) is 24.3 Å². The highest BCUT2D eigenvalue weighted by atomic mass is 15.5. The second-order valence-electron chi connectivity index (χ2n) is 2.43. The number of rotatable bonds is 0. The number of aromatic nitrogens is 3. The average molecular weight is 144 g/mol. The fourth-order valence-electron chi connectivity index (χ4n) is 1.11. The molecule has 0 fully saturated rings. The molecule has 3 radical (unpaired) electrons. The van der Waals surface area contributed by atoms with Crippen molar-refractivity contribution in [2.24, 2.45) is 7.05 Å². The number of aryl methyl sites for hydroxylation is 1. The van der Waals surface area contributed by atoms with Crippen LogP contribution in [0.15, 0.2) is 24.3 Å². The van der Waals surface area contributed by atoms with Crippen LogP contribution in [0.1, 0.15) is 0 Å². The summed E-state index contributed by atoms with van der Waals surface area (Å²) in [6, 6.07) is 7.81. The maximum atomic E-state index is 5.52. The third kappa shape index (κ3) is 0.825. The van der Waals surface area contributed by atoms with Crippen LogP contribution in [0.5, 0.6) is 0 Å². The summed E-state index contributed by atoms with van der Waals surface area (Å²) in [7, 11) is 7.39. The Morgan fingerprint density at radius 1 is 1.45 bits per heavy atom. The van der Waals surface area contributed by atoms with Crippen LogP contribution < -0.4 is 4.71 Å². The monoisotopic (exact) mass is 144 g/mol. The van der Waals surface area contributed by atoms with Gasteiger partial charge in [0.15, 0.2) is 5.52 Å². The highest BCUT2D eigenvalue weighted by Gasteiger charge is 2.01. The first-order valence-corrected chi connectivity index (χ1v) is 3.38. The summed E-state index contributed by atoms with van der Waals surface area (Å²) in [5.74, 6) is 0. The van der Waals surface area contributed by atoms with E-state index in [4.69, 9.17) is 7.98 Å². The van der Waals surface area contributed by atoms with Crippen molar-refractivity contribution in [3.8, 4) is 0 Å². The van der Waals surface area contributed by atoms with Gasteiger partial charge in [-0.2, -0.15) is 4.68 Å². The van der Waals surface area contributed by atoms with Gasteiger partial charge in [0, 0.05) is 0 Å². The lowest BCUT2D eigenvalue weighted by atomic mass is 10.3. The maximum absolute atomic E-state index is 5.52. The van der Waals surface area contributed by atoms with Crippen molar-refractivity contribution in [2.75, 3.05) is 0 Å². The molecule has 11 heavy (non-hydrogen) atoms. The molecule has 0 aliphatic rings. The Morgan fingerprint density at radius 3 is 2.91 bits per heavy atom. The number of fused-ring (bicyclic) bond motifs is 1. The highest BCUT2D eigenvalue weighted by molar-refractivity contribution is 5.94. The minimum absolute atomic E-state index is 0.914. The van der Waals surface area contributed by atoms with Gasteiger partial charge >= 0.3 is 0 Å². The van der Waals surface area contributed by atoms with Gasteiger partial charge in [0.25, 0.3) is 0 Å². The maximum Gasteiger partial charge on any atom is 0.155 e. The van der Waals surface area contributed by atoms with Crippen molar-refractivity contribution in [1.29, 1.82) is 0 Å². The summed E-state index contributed by atoms with van der Waals surface area (Å²) in [5, 5.41) is 4.07. The van der Waals surface area contributed by atoms with E-state index in [1.807, 2.05) is 31.3 Å². The van der Waals surface area contributed by atoms with Gasteiger partial charge in [-0.3, -0.25) is 0 Å². The van der Waals surface area contributed by atoms with Crippen molar-refractivity contribution < 1.29 is 4.71 Å². The van der Waals surface area contributed by atoms with Gasteiger partial charge in [0.1, 0.15) is 5.52 Å². The minimum Gasteiger partial charge on any atom is -0.325 e. The van der Waals surface area contributed by atoms with Gasteiger partial charge in [-0.15, -0.1) is 0 Å². The summed E-state index contributed by atoms with van der Waals surface area (Å²) >= 11 is 0. The second-order valence-corrected chi connectivity index (χ2v) is 2.43. The summed E-state index contributed by atoms with van der Waals surface area (Å²) in [4.78, 5) is 0. The Balaban J connectivity index is 2.92. The third-order valence-electron chi connectivity index (χ3n) is 1.75. The topological polar surface area (TPSA) is 21.7 Å². The normalized spacial score (nSPS) is 10.7. The lowest BCUT2D eigenvalue weighted by molar-refractivity contribution is -0.671. The molecule has 53 valence electrons. The molecule has 0 aliphatic heterocycles. The van der Waals surface area contributed by atoms with Gasteiger partial charge in [-0.1, -0.05) is 12.1 Å². The molecule has 2 aromatic rings. The standard InChI is InChI=1S/C7H7BN3/c1-10-7-5-3-2-4-6(7)9-11(10)8/h2-5H,1H3. The molecule has 0 amide bonds. The summed E-state index contributed by atoms with van der Waals surface area (Å²) < 4.78 is 3.11. The zero-order chi connectivity index (χ0) is 7.84. The van der Waals surface area contributed by atoms with Gasteiger partial charge in [0.05, 0.1) is 7.05 Å². The average Bonchev–Trinajstić information content (AvgIpc) is 2.30. The van der Waals surface area contributed by atoms with Gasteiger partial charge in [0.2, 0.25) is 0 Å². The molecule has 1 aromatic carbocycles. The van der Waals surface area contributed by atoms with Gasteiger partial charge in [-0.05, 0) is 25.2 Å². The van der Waals surface area contributed by atoms with E-state index in [2.05, 4.69) is 5.10 Å². The Hall–Kier alpha value is -1.32. The fraction of sp³-hybridized carbons (Fsp3) is 0.143. The molecule has 0 saturated heterocycles. The summed E-state index contributed by atoms with van der Waals surface area (Å²) in [6.45, 7) is 0. The largest absolute Gasteiger partial charge is 0.325 e. The van der Waals surface area contributed by atoms with Crippen LogP contribution in [-0.2, 0) is 7.05 Å². The molecule has 1 heterocycles. The molecule has 4 heteroatoms. The Labute approximate surface area is 65.7 Å². The fourth-order valence-corrected chi connectivity index (χ4v) is 1.11. The van der Waals surface area contributed by atoms with E-state index >= 15 is 0 Å². The van der Waals surface area contributed by atoms with E-state index in [1.165, 1.54) is 4.71 Å². The summed E-state index contributed by atoms with van der Waals surface area (Å²) in [5.41, 5.74) is 1.95. The molecule has 3 nitrogen and oxygen atoms in total. The molecule has 0 N–H and O–H groups in total. The molecule has 0 bridgehead atoms. The Morgan fingerprint density at radius 2 is 2.18 bits per heavy atom. The number of benzene rings is 1.